The number of methoxy groups -OCH3 is 1. The number of urea groups is 1. The fourth-order valence-electron chi connectivity index (χ4n) is 3.47. The van der Waals surface area contributed by atoms with Crippen LogP contribution in [0.5, 0.6) is 11.5 Å². The highest BCUT2D eigenvalue weighted by molar-refractivity contribution is 6.39. The molecule has 1 fully saturated rings. The van der Waals surface area contributed by atoms with Crippen molar-refractivity contribution in [2.75, 3.05) is 18.6 Å². The Bertz CT molecular complexity index is 1210. The molecule has 0 unspecified atom stereocenters. The Morgan fingerprint density at radius 2 is 1.71 bits per heavy atom. The molecule has 156 valence electrons. The third kappa shape index (κ3) is 3.73. The minimum Gasteiger partial charge on any atom is -0.497 e. The Balaban J connectivity index is 1.83. The van der Waals surface area contributed by atoms with Crippen LogP contribution in [0.25, 0.3) is 16.8 Å². The van der Waals surface area contributed by atoms with Crippen LogP contribution in [0.15, 0.2) is 66.2 Å². The molecule has 0 atom stereocenters. The van der Waals surface area contributed by atoms with Crippen LogP contribution in [-0.2, 0) is 9.59 Å². The number of amides is 4. The topological polar surface area (TPSA) is 84.9 Å². The van der Waals surface area contributed by atoms with Gasteiger partial charge in [0.1, 0.15) is 17.1 Å². The van der Waals surface area contributed by atoms with E-state index >= 15 is 0 Å². The van der Waals surface area contributed by atoms with Gasteiger partial charge in [-0.15, -0.1) is 0 Å². The van der Waals surface area contributed by atoms with Crippen LogP contribution < -0.4 is 19.7 Å². The lowest BCUT2D eigenvalue weighted by Gasteiger charge is -2.26. The molecule has 0 aromatic heterocycles. The number of hydrogen-bond acceptors (Lipinski definition) is 5. The van der Waals surface area contributed by atoms with Crippen LogP contribution >= 0.6 is 0 Å². The summed E-state index contributed by atoms with van der Waals surface area (Å²) in [6.45, 7) is 2.28. The summed E-state index contributed by atoms with van der Waals surface area (Å²) in [7, 11) is 1.52. The first-order valence-corrected chi connectivity index (χ1v) is 9.73. The van der Waals surface area contributed by atoms with Gasteiger partial charge in [0, 0.05) is 5.56 Å². The molecular formula is C24H20N2O5. The van der Waals surface area contributed by atoms with Crippen molar-refractivity contribution in [2.45, 2.75) is 6.92 Å². The molecule has 1 aliphatic rings. The number of hydrogen-bond donors (Lipinski definition) is 1. The SMILES string of the molecule is CCOc1ccc2ccccc2c1/C=C1\C(=O)NC(=O)N(c2ccc(OC)cc2)C1=O. The van der Waals surface area contributed by atoms with E-state index in [2.05, 4.69) is 5.32 Å². The average molecular weight is 416 g/mol. The highest BCUT2D eigenvalue weighted by atomic mass is 16.5. The maximum absolute atomic E-state index is 13.2. The molecule has 1 N–H and O–H groups in total. The molecule has 1 heterocycles. The van der Waals surface area contributed by atoms with Gasteiger partial charge in [-0.3, -0.25) is 14.9 Å². The molecule has 7 heteroatoms. The standard InChI is InChI=1S/C24H20N2O5/c1-3-31-21-13-8-15-6-4-5-7-18(15)19(21)14-20-22(27)25-24(29)26(23(20)28)16-9-11-17(30-2)12-10-16/h4-14H,3H2,1-2H3,(H,25,27,29)/b20-14+. The molecule has 4 rings (SSSR count). The number of carbonyl (C=O) groups is 3. The van der Waals surface area contributed by atoms with Gasteiger partial charge in [0.15, 0.2) is 0 Å². The molecule has 0 saturated carbocycles. The minimum atomic E-state index is -0.805. The van der Waals surface area contributed by atoms with Crippen LogP contribution in [-0.4, -0.2) is 31.6 Å². The minimum absolute atomic E-state index is 0.160. The molecule has 0 spiro atoms. The molecule has 1 saturated heterocycles. The van der Waals surface area contributed by atoms with Crippen LogP contribution in [0.2, 0.25) is 0 Å². The highest BCUT2D eigenvalue weighted by Crippen LogP contribution is 2.32. The number of benzene rings is 3. The first-order chi connectivity index (χ1) is 15.0. The largest absolute Gasteiger partial charge is 0.497 e. The summed E-state index contributed by atoms with van der Waals surface area (Å²) in [6.07, 6.45) is 1.48. The second kappa shape index (κ2) is 8.31. The second-order valence-electron chi connectivity index (χ2n) is 6.79. The first kappa shape index (κ1) is 20.2. The molecule has 31 heavy (non-hydrogen) atoms. The fraction of sp³-hybridized carbons (Fsp3) is 0.125. The molecule has 0 bridgehead atoms. The van der Waals surface area contributed by atoms with Crippen molar-refractivity contribution in [3.8, 4) is 11.5 Å². The predicted octanol–water partition coefficient (Wildman–Crippen LogP) is 3.91. The lowest BCUT2D eigenvalue weighted by atomic mass is 9.99. The van der Waals surface area contributed by atoms with Crippen LogP contribution in [0.4, 0.5) is 10.5 Å². The van der Waals surface area contributed by atoms with Gasteiger partial charge in [-0.1, -0.05) is 30.3 Å². The molecule has 4 amide bonds. The number of barbiturate groups is 1. The third-order valence-corrected chi connectivity index (χ3v) is 4.95. The number of carbonyl (C=O) groups excluding carboxylic acids is 3. The van der Waals surface area contributed by atoms with E-state index in [0.717, 1.165) is 15.7 Å². The van der Waals surface area contributed by atoms with Crippen LogP contribution in [0.3, 0.4) is 0 Å². The van der Waals surface area contributed by atoms with Crippen LogP contribution in [0, 0.1) is 0 Å². The number of nitrogens with zero attached hydrogens (tertiary/aromatic N) is 1. The number of rotatable bonds is 5. The summed E-state index contributed by atoms with van der Waals surface area (Å²) >= 11 is 0. The van der Waals surface area contributed by atoms with Gasteiger partial charge in [-0.05, 0) is 54.1 Å². The quantitative estimate of drug-likeness (QED) is 0.504. The van der Waals surface area contributed by atoms with Crippen molar-refractivity contribution in [1.82, 2.24) is 5.32 Å². The Labute approximate surface area is 178 Å². The normalized spacial score (nSPS) is 15.4. The smallest absolute Gasteiger partial charge is 0.335 e. The van der Waals surface area contributed by atoms with Crippen molar-refractivity contribution in [1.29, 1.82) is 0 Å². The molecule has 0 radical (unpaired) electrons. The zero-order chi connectivity index (χ0) is 22.0. The van der Waals surface area contributed by atoms with Gasteiger partial charge in [0.2, 0.25) is 0 Å². The van der Waals surface area contributed by atoms with Gasteiger partial charge in [0.05, 0.1) is 19.4 Å². The van der Waals surface area contributed by atoms with Gasteiger partial charge in [-0.25, -0.2) is 9.69 Å². The maximum Gasteiger partial charge on any atom is 0.335 e. The van der Waals surface area contributed by atoms with Crippen molar-refractivity contribution >= 4 is 40.4 Å². The Kier molecular flexibility index (Phi) is 5.41. The van der Waals surface area contributed by atoms with Crippen molar-refractivity contribution in [2.24, 2.45) is 0 Å². The number of nitrogens with one attached hydrogen (secondary N) is 1. The van der Waals surface area contributed by atoms with Gasteiger partial charge >= 0.3 is 6.03 Å². The summed E-state index contributed by atoms with van der Waals surface area (Å²) in [4.78, 5) is 39.2. The Morgan fingerprint density at radius 3 is 2.42 bits per heavy atom. The average Bonchev–Trinajstić information content (AvgIpc) is 2.78. The molecule has 0 aliphatic carbocycles. The Morgan fingerprint density at radius 1 is 0.968 bits per heavy atom. The monoisotopic (exact) mass is 416 g/mol. The number of ether oxygens (including phenoxy) is 2. The van der Waals surface area contributed by atoms with E-state index < -0.39 is 17.8 Å². The summed E-state index contributed by atoms with van der Waals surface area (Å²) < 4.78 is 10.9. The van der Waals surface area contributed by atoms with Gasteiger partial charge in [-0.2, -0.15) is 0 Å². The number of fused-ring (bicyclic) bond motifs is 1. The van der Waals surface area contributed by atoms with Crippen LogP contribution in [0.1, 0.15) is 12.5 Å². The van der Waals surface area contributed by atoms with Gasteiger partial charge in [0.25, 0.3) is 11.8 Å². The van der Waals surface area contributed by atoms with E-state index in [9.17, 15) is 14.4 Å². The van der Waals surface area contributed by atoms with Gasteiger partial charge < -0.3 is 9.47 Å². The summed E-state index contributed by atoms with van der Waals surface area (Å²) in [5.41, 5.74) is 0.764. The highest BCUT2D eigenvalue weighted by Gasteiger charge is 2.37. The Hall–Kier alpha value is -4.13. The summed E-state index contributed by atoms with van der Waals surface area (Å²) in [6, 6.07) is 16.9. The predicted molar refractivity (Wildman–Crippen MR) is 117 cm³/mol. The first-order valence-electron chi connectivity index (χ1n) is 9.73. The van der Waals surface area contributed by atoms with Crippen molar-refractivity contribution in [3.63, 3.8) is 0 Å². The molecule has 1 aliphatic heterocycles. The zero-order valence-corrected chi connectivity index (χ0v) is 17.0. The molecule has 3 aromatic carbocycles. The molecule has 3 aromatic rings. The lowest BCUT2D eigenvalue weighted by Crippen LogP contribution is -2.54. The van der Waals surface area contributed by atoms with E-state index in [-0.39, 0.29) is 5.57 Å². The molecular weight excluding hydrogens is 396 g/mol. The number of anilines is 1. The lowest BCUT2D eigenvalue weighted by molar-refractivity contribution is -0.122. The molecule has 7 nitrogen and oxygen atoms in total. The van der Waals surface area contributed by atoms with Crippen molar-refractivity contribution in [3.05, 3.63) is 71.8 Å². The summed E-state index contributed by atoms with van der Waals surface area (Å²) in [5.74, 6) is -0.343. The van der Waals surface area contributed by atoms with E-state index in [1.54, 1.807) is 30.3 Å². The second-order valence-corrected chi connectivity index (χ2v) is 6.79. The van der Waals surface area contributed by atoms with E-state index in [1.807, 2.05) is 37.3 Å². The zero-order valence-electron chi connectivity index (χ0n) is 17.0. The van der Waals surface area contributed by atoms with E-state index in [4.69, 9.17) is 9.47 Å². The summed E-state index contributed by atoms with van der Waals surface area (Å²) in [5, 5.41) is 4.01. The van der Waals surface area contributed by atoms with Crippen molar-refractivity contribution < 1.29 is 23.9 Å². The fourth-order valence-corrected chi connectivity index (χ4v) is 3.47. The van der Waals surface area contributed by atoms with E-state index in [1.165, 1.54) is 13.2 Å². The number of imide groups is 2. The van der Waals surface area contributed by atoms with E-state index in [0.29, 0.717) is 29.4 Å². The maximum atomic E-state index is 13.2. The third-order valence-electron chi connectivity index (χ3n) is 4.95.